The quantitative estimate of drug-likeness (QED) is 0.778. The average Bonchev–Trinajstić information content (AvgIpc) is 2.07. The van der Waals surface area contributed by atoms with Gasteiger partial charge in [-0.1, -0.05) is 0 Å². The number of aromatic carboxylic acids is 1. The van der Waals surface area contributed by atoms with Gasteiger partial charge in [-0.05, 0) is 31.9 Å². The summed E-state index contributed by atoms with van der Waals surface area (Å²) in [5.74, 6) is -2.06. The number of hydrogen-bond acceptors (Lipinski definition) is 3. The minimum atomic E-state index is -1.28. The summed E-state index contributed by atoms with van der Waals surface area (Å²) in [5, 5.41) is 8.61. The highest BCUT2D eigenvalue weighted by atomic mass is 79.9. The summed E-state index contributed by atoms with van der Waals surface area (Å²) in [6.45, 7) is 0. The van der Waals surface area contributed by atoms with Crippen LogP contribution in [0.2, 0.25) is 0 Å². The van der Waals surface area contributed by atoms with Crippen molar-refractivity contribution < 1.29 is 14.3 Å². The van der Waals surface area contributed by atoms with E-state index in [2.05, 4.69) is 36.8 Å². The smallest absolute Gasteiger partial charge is 0.355 e. The molecule has 0 radical (unpaired) electrons. The number of nitrogens with two attached hydrogens (primary N) is 1. The lowest BCUT2D eigenvalue weighted by atomic mass is 10.3. The molecule has 0 atom stereocenters. The Balaban J connectivity index is 3.50. The van der Waals surface area contributed by atoms with E-state index in [-0.39, 0.29) is 20.5 Å². The molecule has 0 unspecified atom stereocenters. The largest absolute Gasteiger partial charge is 0.476 e. The van der Waals surface area contributed by atoms with E-state index in [1.54, 1.807) is 0 Å². The van der Waals surface area contributed by atoms with Crippen LogP contribution < -0.4 is 5.73 Å². The van der Waals surface area contributed by atoms with Gasteiger partial charge in [-0.2, -0.15) is 0 Å². The first-order valence-corrected chi connectivity index (χ1v) is 4.57. The Kier molecular flexibility index (Phi) is 2.87. The van der Waals surface area contributed by atoms with Crippen LogP contribution in [0.4, 0.5) is 10.1 Å². The summed E-state index contributed by atoms with van der Waals surface area (Å²) in [5.41, 5.74) is 4.66. The number of pyridine rings is 1. The number of carboxylic acid groups (broad SMARTS) is 1. The monoisotopic (exact) mass is 312 g/mol. The summed E-state index contributed by atoms with van der Waals surface area (Å²) in [6.07, 6.45) is 0. The fourth-order valence-electron chi connectivity index (χ4n) is 0.673. The van der Waals surface area contributed by atoms with Crippen molar-refractivity contribution in [3.63, 3.8) is 0 Å². The zero-order chi connectivity index (χ0) is 10.2. The molecule has 0 aliphatic heterocycles. The molecular formula is C6H3Br2FN2O2. The lowest BCUT2D eigenvalue weighted by Crippen LogP contribution is -2.07. The van der Waals surface area contributed by atoms with Gasteiger partial charge in [0.1, 0.15) is 4.60 Å². The molecule has 70 valence electrons. The van der Waals surface area contributed by atoms with Crippen LogP contribution in [0.1, 0.15) is 10.5 Å². The maximum Gasteiger partial charge on any atom is 0.355 e. The molecule has 0 spiro atoms. The third kappa shape index (κ3) is 1.80. The highest BCUT2D eigenvalue weighted by Gasteiger charge is 2.18. The second-order valence-corrected chi connectivity index (χ2v) is 3.64. The maximum atomic E-state index is 13.0. The minimum Gasteiger partial charge on any atom is -0.476 e. The lowest BCUT2D eigenvalue weighted by Gasteiger charge is -2.04. The Morgan fingerprint density at radius 1 is 1.54 bits per heavy atom. The van der Waals surface area contributed by atoms with E-state index in [4.69, 9.17) is 10.8 Å². The minimum absolute atomic E-state index is 0.0549. The van der Waals surface area contributed by atoms with Crippen LogP contribution in [0, 0.1) is 5.82 Å². The molecule has 1 aromatic heterocycles. The Hall–Kier alpha value is -0.690. The molecule has 0 bridgehead atoms. The lowest BCUT2D eigenvalue weighted by molar-refractivity contribution is 0.0689. The van der Waals surface area contributed by atoms with Crippen molar-refractivity contribution in [3.05, 3.63) is 20.6 Å². The van der Waals surface area contributed by atoms with Gasteiger partial charge in [-0.25, -0.2) is 14.2 Å². The van der Waals surface area contributed by atoms with Crippen LogP contribution in [-0.4, -0.2) is 16.1 Å². The topological polar surface area (TPSA) is 76.2 Å². The van der Waals surface area contributed by atoms with Crippen LogP contribution in [-0.2, 0) is 0 Å². The van der Waals surface area contributed by atoms with Gasteiger partial charge < -0.3 is 10.8 Å². The first-order valence-electron chi connectivity index (χ1n) is 2.98. The normalized spacial score (nSPS) is 10.1. The number of halogens is 3. The van der Waals surface area contributed by atoms with Gasteiger partial charge in [0.05, 0.1) is 10.2 Å². The van der Waals surface area contributed by atoms with E-state index in [1.165, 1.54) is 0 Å². The van der Waals surface area contributed by atoms with Gasteiger partial charge in [0.15, 0.2) is 11.5 Å². The van der Waals surface area contributed by atoms with E-state index in [1.807, 2.05) is 0 Å². The van der Waals surface area contributed by atoms with E-state index >= 15 is 0 Å². The molecule has 13 heavy (non-hydrogen) atoms. The number of rotatable bonds is 1. The zero-order valence-corrected chi connectivity index (χ0v) is 9.19. The Morgan fingerprint density at radius 2 is 2.08 bits per heavy atom. The zero-order valence-electron chi connectivity index (χ0n) is 6.01. The van der Waals surface area contributed by atoms with Crippen LogP contribution >= 0.6 is 31.9 Å². The fourth-order valence-corrected chi connectivity index (χ4v) is 1.50. The summed E-state index contributed by atoms with van der Waals surface area (Å²) < 4.78 is 12.7. The highest BCUT2D eigenvalue weighted by molar-refractivity contribution is 9.11. The Morgan fingerprint density at radius 3 is 2.54 bits per heavy atom. The van der Waals surface area contributed by atoms with Gasteiger partial charge in [0.25, 0.3) is 0 Å². The number of carboxylic acids is 1. The van der Waals surface area contributed by atoms with Crippen LogP contribution in [0.5, 0.6) is 0 Å². The second kappa shape index (κ2) is 3.59. The molecular weight excluding hydrogens is 311 g/mol. The number of carbonyl (C=O) groups is 1. The second-order valence-electron chi connectivity index (χ2n) is 2.10. The highest BCUT2D eigenvalue weighted by Crippen LogP contribution is 2.29. The molecule has 3 N–H and O–H groups in total. The number of nitrogen functional groups attached to an aromatic ring is 1. The van der Waals surface area contributed by atoms with Gasteiger partial charge in [0, 0.05) is 0 Å². The molecule has 1 heterocycles. The number of anilines is 1. The van der Waals surface area contributed by atoms with Crippen molar-refractivity contribution in [1.29, 1.82) is 0 Å². The van der Waals surface area contributed by atoms with Gasteiger partial charge >= 0.3 is 5.97 Å². The standard InChI is InChI=1S/C6H3Br2FN2O2/c7-1-3(10)2(9)5(8)11-4(1)6(12)13/h(H2,10,11)(H,12,13). The van der Waals surface area contributed by atoms with Crippen molar-refractivity contribution in [2.75, 3.05) is 5.73 Å². The maximum absolute atomic E-state index is 13.0. The number of nitrogens with zero attached hydrogens (tertiary/aromatic N) is 1. The molecule has 0 aromatic carbocycles. The molecule has 0 saturated heterocycles. The predicted molar refractivity (Wildman–Crippen MR) is 51.0 cm³/mol. The average molecular weight is 314 g/mol. The third-order valence-electron chi connectivity index (χ3n) is 1.27. The fraction of sp³-hybridized carbons (Fsp3) is 0. The van der Waals surface area contributed by atoms with Gasteiger partial charge in [0.2, 0.25) is 0 Å². The van der Waals surface area contributed by atoms with Crippen molar-refractivity contribution in [2.45, 2.75) is 0 Å². The first kappa shape index (κ1) is 10.4. The summed E-state index contributed by atoms with van der Waals surface area (Å²) in [7, 11) is 0. The van der Waals surface area contributed by atoms with Crippen LogP contribution in [0.25, 0.3) is 0 Å². The Bertz CT molecular complexity index is 383. The molecule has 0 aliphatic carbocycles. The van der Waals surface area contributed by atoms with Crippen molar-refractivity contribution in [1.82, 2.24) is 4.98 Å². The van der Waals surface area contributed by atoms with E-state index in [0.717, 1.165) is 0 Å². The summed E-state index contributed by atoms with van der Waals surface area (Å²) in [6, 6.07) is 0. The molecule has 1 rings (SSSR count). The number of aromatic nitrogens is 1. The van der Waals surface area contributed by atoms with Gasteiger partial charge in [-0.15, -0.1) is 0 Å². The van der Waals surface area contributed by atoms with E-state index in [9.17, 15) is 9.18 Å². The SMILES string of the molecule is Nc1c(F)c(Br)nc(C(=O)O)c1Br. The molecule has 1 aromatic rings. The van der Waals surface area contributed by atoms with Crippen LogP contribution in [0.15, 0.2) is 9.08 Å². The molecule has 0 aliphatic rings. The van der Waals surface area contributed by atoms with E-state index < -0.39 is 11.8 Å². The van der Waals surface area contributed by atoms with Crippen LogP contribution in [0.3, 0.4) is 0 Å². The molecule has 4 nitrogen and oxygen atoms in total. The van der Waals surface area contributed by atoms with Crippen molar-refractivity contribution >= 4 is 43.5 Å². The predicted octanol–water partition coefficient (Wildman–Crippen LogP) is 2.03. The molecule has 0 amide bonds. The Labute approximate surface area is 89.2 Å². The number of hydrogen-bond donors (Lipinski definition) is 2. The molecule has 0 fully saturated rings. The van der Waals surface area contributed by atoms with E-state index in [0.29, 0.717) is 0 Å². The van der Waals surface area contributed by atoms with Crippen molar-refractivity contribution in [3.8, 4) is 0 Å². The molecule has 0 saturated carbocycles. The van der Waals surface area contributed by atoms with Gasteiger partial charge in [-0.3, -0.25) is 0 Å². The first-order chi connectivity index (χ1) is 5.95. The summed E-state index contributed by atoms with van der Waals surface area (Å²) in [4.78, 5) is 14.0. The third-order valence-corrected chi connectivity index (χ3v) is 2.60. The molecule has 7 heteroatoms. The summed E-state index contributed by atoms with van der Waals surface area (Å²) >= 11 is 5.59. The van der Waals surface area contributed by atoms with Crippen molar-refractivity contribution in [2.24, 2.45) is 0 Å².